The van der Waals surface area contributed by atoms with E-state index in [0.29, 0.717) is 5.41 Å². The van der Waals surface area contributed by atoms with Crippen molar-refractivity contribution < 1.29 is 0 Å². The minimum Gasteiger partial charge on any atom is -0.377 e. The molecule has 0 bridgehead atoms. The van der Waals surface area contributed by atoms with Crippen LogP contribution >= 0.6 is 0 Å². The van der Waals surface area contributed by atoms with Gasteiger partial charge in [0.15, 0.2) is 0 Å². The van der Waals surface area contributed by atoms with E-state index in [-0.39, 0.29) is 0 Å². The molecule has 1 aliphatic rings. The van der Waals surface area contributed by atoms with E-state index in [0.717, 1.165) is 0 Å². The van der Waals surface area contributed by atoms with Crippen molar-refractivity contribution >= 4 is 0 Å². The Kier molecular flexibility index (Phi) is 3.19. The lowest BCUT2D eigenvalue weighted by molar-refractivity contribution is 0.319. The van der Waals surface area contributed by atoms with Gasteiger partial charge in [-0.3, -0.25) is 0 Å². The first-order chi connectivity index (χ1) is 5.58. The maximum absolute atomic E-state index is 2.42. The third-order valence-corrected chi connectivity index (χ3v) is 2.27. The predicted octanol–water partition coefficient (Wildman–Crippen LogP) is 3.03. The highest BCUT2D eigenvalue weighted by Gasteiger charge is 2.10. The Bertz CT molecular complexity index is 153. The average Bonchev–Trinajstić information content (AvgIpc) is 2.36. The average molecular weight is 167 g/mol. The van der Waals surface area contributed by atoms with E-state index >= 15 is 0 Å². The summed E-state index contributed by atoms with van der Waals surface area (Å²) in [6.07, 6.45) is 8.40. The summed E-state index contributed by atoms with van der Waals surface area (Å²) < 4.78 is 0. The Balaban J connectivity index is 2.06. The molecule has 1 heteroatoms. The van der Waals surface area contributed by atoms with Gasteiger partial charge in [-0.1, -0.05) is 26.8 Å². The van der Waals surface area contributed by atoms with Gasteiger partial charge in [-0.15, -0.1) is 0 Å². The number of hydrogen-bond acceptors (Lipinski definition) is 1. The van der Waals surface area contributed by atoms with Crippen LogP contribution in [0.1, 0.15) is 40.0 Å². The molecule has 0 fully saturated rings. The van der Waals surface area contributed by atoms with Crippen LogP contribution in [0.5, 0.6) is 0 Å². The van der Waals surface area contributed by atoms with Gasteiger partial charge >= 0.3 is 0 Å². The molecule has 1 nitrogen and oxygen atoms in total. The lowest BCUT2D eigenvalue weighted by Crippen LogP contribution is -2.17. The molecule has 0 atom stereocenters. The van der Waals surface area contributed by atoms with E-state index in [4.69, 9.17) is 0 Å². The second-order valence-corrected chi connectivity index (χ2v) is 4.87. The maximum atomic E-state index is 2.42. The third-order valence-electron chi connectivity index (χ3n) is 2.27. The lowest BCUT2D eigenvalue weighted by Gasteiger charge is -2.21. The number of rotatable bonds is 3. The van der Waals surface area contributed by atoms with Crippen molar-refractivity contribution in [3.05, 3.63) is 12.3 Å². The van der Waals surface area contributed by atoms with Gasteiger partial charge in [-0.05, 0) is 30.9 Å². The summed E-state index contributed by atoms with van der Waals surface area (Å²) in [5.41, 5.74) is 0.503. The Hall–Kier alpha value is -0.460. The van der Waals surface area contributed by atoms with E-state index < -0.39 is 0 Å². The summed E-state index contributed by atoms with van der Waals surface area (Å²) in [6, 6.07) is 0. The number of hydrogen-bond donors (Lipinski definition) is 0. The van der Waals surface area contributed by atoms with Crippen LogP contribution in [0.3, 0.4) is 0 Å². The minimum absolute atomic E-state index is 0.503. The molecule has 0 unspecified atom stereocenters. The molecule has 0 N–H and O–H groups in total. The highest BCUT2D eigenvalue weighted by molar-refractivity contribution is 4.90. The zero-order chi connectivity index (χ0) is 9.03. The van der Waals surface area contributed by atoms with Gasteiger partial charge in [0.25, 0.3) is 0 Å². The molecule has 0 aromatic carbocycles. The summed E-state index contributed by atoms with van der Waals surface area (Å²) in [4.78, 5) is 2.42. The molecule has 1 rings (SSSR count). The fourth-order valence-corrected chi connectivity index (χ4v) is 1.54. The fourth-order valence-electron chi connectivity index (χ4n) is 1.54. The SMILES string of the molecule is CC(C)(C)CCCN1C=CCC1. The first kappa shape index (κ1) is 9.63. The molecule has 0 aromatic rings. The van der Waals surface area contributed by atoms with Gasteiger partial charge in [0.2, 0.25) is 0 Å². The summed E-state index contributed by atoms with van der Waals surface area (Å²) >= 11 is 0. The van der Waals surface area contributed by atoms with E-state index in [1.807, 2.05) is 0 Å². The van der Waals surface area contributed by atoms with Gasteiger partial charge < -0.3 is 4.90 Å². The van der Waals surface area contributed by atoms with Crippen LogP contribution in [0.2, 0.25) is 0 Å². The first-order valence-electron chi connectivity index (χ1n) is 4.99. The second-order valence-electron chi connectivity index (χ2n) is 4.87. The molecule has 0 saturated heterocycles. The molecule has 12 heavy (non-hydrogen) atoms. The molecule has 1 heterocycles. The van der Waals surface area contributed by atoms with Gasteiger partial charge in [0, 0.05) is 13.1 Å². The molecular formula is C11H21N. The zero-order valence-electron chi connectivity index (χ0n) is 8.64. The fraction of sp³-hybridized carbons (Fsp3) is 0.818. The summed E-state index contributed by atoms with van der Waals surface area (Å²) in [5.74, 6) is 0. The van der Waals surface area contributed by atoms with Crippen molar-refractivity contribution in [3.8, 4) is 0 Å². The van der Waals surface area contributed by atoms with Crippen molar-refractivity contribution in [2.75, 3.05) is 13.1 Å². The van der Waals surface area contributed by atoms with Gasteiger partial charge in [-0.25, -0.2) is 0 Å². The van der Waals surface area contributed by atoms with Crippen molar-refractivity contribution in [2.24, 2.45) is 5.41 Å². The molecule has 0 amide bonds. The molecule has 1 aliphatic heterocycles. The third kappa shape index (κ3) is 3.80. The van der Waals surface area contributed by atoms with Crippen molar-refractivity contribution in [3.63, 3.8) is 0 Å². The summed E-state index contributed by atoms with van der Waals surface area (Å²) in [7, 11) is 0. The Morgan fingerprint density at radius 2 is 2.08 bits per heavy atom. The standard InChI is InChI=1S/C11H21N/c1-11(2,3)7-6-10-12-8-4-5-9-12/h4,8H,5-7,9-10H2,1-3H3. The second kappa shape index (κ2) is 3.97. The van der Waals surface area contributed by atoms with Crippen molar-refractivity contribution in [1.82, 2.24) is 4.90 Å². The molecular weight excluding hydrogens is 146 g/mol. The van der Waals surface area contributed by atoms with Crippen LogP contribution in [-0.4, -0.2) is 18.0 Å². The van der Waals surface area contributed by atoms with Gasteiger partial charge in [-0.2, -0.15) is 0 Å². The Labute approximate surface area is 76.5 Å². The van der Waals surface area contributed by atoms with Crippen LogP contribution in [0.15, 0.2) is 12.3 Å². The molecule has 0 aliphatic carbocycles. The molecule has 0 spiro atoms. The summed E-state index contributed by atoms with van der Waals surface area (Å²) in [6.45, 7) is 9.42. The molecule has 0 saturated carbocycles. The van der Waals surface area contributed by atoms with E-state index in [1.165, 1.54) is 32.4 Å². The molecule has 0 aromatic heterocycles. The van der Waals surface area contributed by atoms with Crippen molar-refractivity contribution in [2.45, 2.75) is 40.0 Å². The topological polar surface area (TPSA) is 3.24 Å². The van der Waals surface area contributed by atoms with E-state index in [2.05, 4.69) is 37.9 Å². The Morgan fingerprint density at radius 3 is 2.58 bits per heavy atom. The van der Waals surface area contributed by atoms with Crippen LogP contribution in [0, 0.1) is 5.41 Å². The zero-order valence-corrected chi connectivity index (χ0v) is 8.64. The smallest absolute Gasteiger partial charge is 0.0207 e. The van der Waals surface area contributed by atoms with Gasteiger partial charge in [0.05, 0.1) is 0 Å². The largest absolute Gasteiger partial charge is 0.377 e. The van der Waals surface area contributed by atoms with Crippen LogP contribution in [-0.2, 0) is 0 Å². The monoisotopic (exact) mass is 167 g/mol. The summed E-state index contributed by atoms with van der Waals surface area (Å²) in [5, 5.41) is 0. The quantitative estimate of drug-likeness (QED) is 0.624. The van der Waals surface area contributed by atoms with Crippen LogP contribution < -0.4 is 0 Å². The van der Waals surface area contributed by atoms with Crippen LogP contribution in [0.25, 0.3) is 0 Å². The highest BCUT2D eigenvalue weighted by Crippen LogP contribution is 2.21. The molecule has 70 valence electrons. The Morgan fingerprint density at radius 1 is 1.33 bits per heavy atom. The lowest BCUT2D eigenvalue weighted by atomic mass is 9.90. The van der Waals surface area contributed by atoms with E-state index in [1.54, 1.807) is 0 Å². The molecule has 0 radical (unpaired) electrons. The highest BCUT2D eigenvalue weighted by atomic mass is 15.1. The van der Waals surface area contributed by atoms with E-state index in [9.17, 15) is 0 Å². The normalized spacial score (nSPS) is 17.4. The minimum atomic E-state index is 0.503. The van der Waals surface area contributed by atoms with Gasteiger partial charge in [0.1, 0.15) is 0 Å². The maximum Gasteiger partial charge on any atom is 0.0207 e. The number of nitrogens with zero attached hydrogens (tertiary/aromatic N) is 1. The van der Waals surface area contributed by atoms with Crippen LogP contribution in [0.4, 0.5) is 0 Å². The van der Waals surface area contributed by atoms with Crippen molar-refractivity contribution in [1.29, 1.82) is 0 Å². The predicted molar refractivity (Wildman–Crippen MR) is 54.0 cm³/mol. The first-order valence-corrected chi connectivity index (χ1v) is 4.99.